The molecule has 0 aromatic carbocycles. The van der Waals surface area contributed by atoms with E-state index < -0.39 is 0 Å². The van der Waals surface area contributed by atoms with Crippen LogP contribution in [0.5, 0.6) is 0 Å². The number of methoxy groups -OCH3 is 2. The smallest absolute Gasteiger partial charge is 0.0572 e. The first kappa shape index (κ1) is 12.8. The van der Waals surface area contributed by atoms with Gasteiger partial charge in [-0.25, -0.2) is 5.48 Å². The number of hydroxylamine groups is 1. The molecule has 0 saturated carbocycles. The van der Waals surface area contributed by atoms with E-state index in [1.165, 1.54) is 0 Å². The molecule has 0 aliphatic rings. The molecule has 1 N–H and O–H groups in total. The van der Waals surface area contributed by atoms with Crippen molar-refractivity contribution in [1.29, 1.82) is 0 Å². The first-order chi connectivity index (χ1) is 6.24. The minimum atomic E-state index is -0.0977. The average Bonchev–Trinajstić information content (AvgIpc) is 2.15. The van der Waals surface area contributed by atoms with Crippen molar-refractivity contribution >= 4 is 0 Å². The SMILES string of the molecule is [CH2]CC(CNOC)(COC)COC. The summed E-state index contributed by atoms with van der Waals surface area (Å²) in [6.45, 7) is 5.79. The Kier molecular flexibility index (Phi) is 7.17. The number of ether oxygens (including phenoxy) is 2. The molecule has 0 atom stereocenters. The molecular formula is C9H20NO3. The Labute approximate surface area is 80.5 Å². The molecule has 0 aliphatic carbocycles. The Morgan fingerprint density at radius 3 is 2.00 bits per heavy atom. The molecule has 13 heavy (non-hydrogen) atoms. The molecule has 0 bridgehead atoms. The van der Waals surface area contributed by atoms with Crippen LogP contribution in [0.1, 0.15) is 6.42 Å². The molecule has 1 radical (unpaired) electrons. The highest BCUT2D eigenvalue weighted by Crippen LogP contribution is 2.21. The summed E-state index contributed by atoms with van der Waals surface area (Å²) in [5.74, 6) is 0. The Morgan fingerprint density at radius 2 is 1.69 bits per heavy atom. The van der Waals surface area contributed by atoms with Crippen molar-refractivity contribution in [3.63, 3.8) is 0 Å². The molecule has 0 unspecified atom stereocenters. The van der Waals surface area contributed by atoms with Gasteiger partial charge < -0.3 is 14.3 Å². The van der Waals surface area contributed by atoms with E-state index in [9.17, 15) is 0 Å². The molecule has 0 rings (SSSR count). The van der Waals surface area contributed by atoms with Crippen LogP contribution in [0.25, 0.3) is 0 Å². The van der Waals surface area contributed by atoms with Crippen LogP contribution in [-0.4, -0.2) is 41.1 Å². The molecule has 0 spiro atoms. The Morgan fingerprint density at radius 1 is 1.15 bits per heavy atom. The van der Waals surface area contributed by atoms with Crippen molar-refractivity contribution in [3.8, 4) is 0 Å². The zero-order valence-corrected chi connectivity index (χ0v) is 8.76. The summed E-state index contributed by atoms with van der Waals surface area (Å²) in [5, 5.41) is 0. The predicted octanol–water partition coefficient (Wildman–Crippen LogP) is 0.641. The van der Waals surface area contributed by atoms with Crippen molar-refractivity contribution in [2.75, 3.05) is 41.1 Å². The fourth-order valence-corrected chi connectivity index (χ4v) is 1.21. The lowest BCUT2D eigenvalue weighted by Crippen LogP contribution is -2.40. The largest absolute Gasteiger partial charge is 0.384 e. The molecular weight excluding hydrogens is 170 g/mol. The van der Waals surface area contributed by atoms with Crippen LogP contribution >= 0.6 is 0 Å². The van der Waals surface area contributed by atoms with Gasteiger partial charge in [-0.15, -0.1) is 0 Å². The second-order valence-corrected chi connectivity index (χ2v) is 3.14. The van der Waals surface area contributed by atoms with E-state index in [0.717, 1.165) is 6.42 Å². The average molecular weight is 190 g/mol. The van der Waals surface area contributed by atoms with Gasteiger partial charge in [-0.2, -0.15) is 0 Å². The third-order valence-corrected chi connectivity index (χ3v) is 2.02. The van der Waals surface area contributed by atoms with Crippen LogP contribution in [-0.2, 0) is 14.3 Å². The van der Waals surface area contributed by atoms with Gasteiger partial charge in [0.2, 0.25) is 0 Å². The highest BCUT2D eigenvalue weighted by atomic mass is 16.6. The van der Waals surface area contributed by atoms with Crippen LogP contribution in [0, 0.1) is 12.3 Å². The van der Waals surface area contributed by atoms with Gasteiger partial charge in [0.25, 0.3) is 0 Å². The van der Waals surface area contributed by atoms with E-state index >= 15 is 0 Å². The Bertz CT molecular complexity index is 113. The van der Waals surface area contributed by atoms with Crippen molar-refractivity contribution in [2.24, 2.45) is 5.41 Å². The van der Waals surface area contributed by atoms with Gasteiger partial charge in [-0.05, 0) is 6.42 Å². The monoisotopic (exact) mass is 190 g/mol. The van der Waals surface area contributed by atoms with Crippen molar-refractivity contribution in [2.45, 2.75) is 6.42 Å². The third-order valence-electron chi connectivity index (χ3n) is 2.02. The maximum Gasteiger partial charge on any atom is 0.0572 e. The minimum absolute atomic E-state index is 0.0977. The molecule has 4 nitrogen and oxygen atoms in total. The molecule has 0 amide bonds. The van der Waals surface area contributed by atoms with Gasteiger partial charge in [0.15, 0.2) is 0 Å². The number of rotatable bonds is 8. The van der Waals surface area contributed by atoms with E-state index in [0.29, 0.717) is 19.8 Å². The lowest BCUT2D eigenvalue weighted by Gasteiger charge is -2.30. The van der Waals surface area contributed by atoms with Crippen molar-refractivity contribution in [3.05, 3.63) is 6.92 Å². The Hall–Kier alpha value is -0.160. The fraction of sp³-hybridized carbons (Fsp3) is 0.889. The summed E-state index contributed by atoms with van der Waals surface area (Å²) < 4.78 is 10.3. The van der Waals surface area contributed by atoms with Crippen LogP contribution in [0.15, 0.2) is 0 Å². The first-order valence-corrected chi connectivity index (χ1v) is 4.27. The van der Waals surface area contributed by atoms with Crippen LogP contribution in [0.2, 0.25) is 0 Å². The number of hydrogen-bond acceptors (Lipinski definition) is 4. The molecule has 0 fully saturated rings. The van der Waals surface area contributed by atoms with Gasteiger partial charge >= 0.3 is 0 Å². The Balaban J connectivity index is 4.07. The molecule has 0 saturated heterocycles. The van der Waals surface area contributed by atoms with Gasteiger partial charge in [-0.3, -0.25) is 0 Å². The summed E-state index contributed by atoms with van der Waals surface area (Å²) in [6.07, 6.45) is 0.741. The van der Waals surface area contributed by atoms with E-state index in [1.54, 1.807) is 21.3 Å². The first-order valence-electron chi connectivity index (χ1n) is 4.27. The van der Waals surface area contributed by atoms with E-state index in [2.05, 4.69) is 12.4 Å². The van der Waals surface area contributed by atoms with Crippen LogP contribution in [0.3, 0.4) is 0 Å². The summed E-state index contributed by atoms with van der Waals surface area (Å²) >= 11 is 0. The summed E-state index contributed by atoms with van der Waals surface area (Å²) in [5.41, 5.74) is 2.71. The van der Waals surface area contributed by atoms with Gasteiger partial charge in [0.05, 0.1) is 20.3 Å². The second-order valence-electron chi connectivity index (χ2n) is 3.14. The maximum absolute atomic E-state index is 5.13. The van der Waals surface area contributed by atoms with E-state index in [1.807, 2.05) is 0 Å². The van der Waals surface area contributed by atoms with Gasteiger partial charge in [0.1, 0.15) is 0 Å². The van der Waals surface area contributed by atoms with Crippen molar-refractivity contribution < 1.29 is 14.3 Å². The predicted molar refractivity (Wildman–Crippen MR) is 51.2 cm³/mol. The zero-order valence-electron chi connectivity index (χ0n) is 8.76. The minimum Gasteiger partial charge on any atom is -0.384 e. The highest BCUT2D eigenvalue weighted by Gasteiger charge is 2.28. The number of nitrogens with one attached hydrogen (secondary N) is 1. The molecule has 0 aromatic heterocycles. The summed E-state index contributed by atoms with van der Waals surface area (Å²) in [4.78, 5) is 4.80. The lowest BCUT2D eigenvalue weighted by atomic mass is 9.87. The zero-order chi connectivity index (χ0) is 10.2. The molecule has 4 heteroatoms. The van der Waals surface area contributed by atoms with E-state index in [-0.39, 0.29) is 5.41 Å². The van der Waals surface area contributed by atoms with Crippen molar-refractivity contribution in [1.82, 2.24) is 5.48 Å². The lowest BCUT2D eigenvalue weighted by molar-refractivity contribution is -0.0229. The maximum atomic E-state index is 5.13. The third kappa shape index (κ3) is 4.57. The highest BCUT2D eigenvalue weighted by molar-refractivity contribution is 4.81. The van der Waals surface area contributed by atoms with Gasteiger partial charge in [-0.1, -0.05) is 6.92 Å². The summed E-state index contributed by atoms with van der Waals surface area (Å²) in [6, 6.07) is 0. The quantitative estimate of drug-likeness (QED) is 0.570. The second kappa shape index (κ2) is 7.26. The summed E-state index contributed by atoms with van der Waals surface area (Å²) in [7, 11) is 4.94. The normalized spacial score (nSPS) is 12.0. The fourth-order valence-electron chi connectivity index (χ4n) is 1.21. The van der Waals surface area contributed by atoms with Gasteiger partial charge in [0, 0.05) is 26.2 Å². The standard InChI is InChI=1S/C9H20NO3/c1-5-9(7-11-2,8-12-3)6-10-13-4/h10H,1,5-8H2,2-4H3. The van der Waals surface area contributed by atoms with E-state index in [4.69, 9.17) is 14.3 Å². The molecule has 79 valence electrons. The molecule has 0 heterocycles. The van der Waals surface area contributed by atoms with Crippen LogP contribution in [0.4, 0.5) is 0 Å². The van der Waals surface area contributed by atoms with Crippen LogP contribution < -0.4 is 5.48 Å². The molecule has 0 aliphatic heterocycles. The number of hydrogen-bond donors (Lipinski definition) is 1. The topological polar surface area (TPSA) is 39.7 Å². The molecule has 0 aromatic rings.